The van der Waals surface area contributed by atoms with Crippen LogP contribution in [0.25, 0.3) is 0 Å². The summed E-state index contributed by atoms with van der Waals surface area (Å²) in [6.45, 7) is 0. The van der Waals surface area contributed by atoms with Gasteiger partial charge in [-0.25, -0.2) is 0 Å². The summed E-state index contributed by atoms with van der Waals surface area (Å²) in [5, 5.41) is 0. The van der Waals surface area contributed by atoms with Gasteiger partial charge in [-0.3, -0.25) is 9.11 Å². The van der Waals surface area contributed by atoms with E-state index in [0.29, 0.717) is 0 Å². The minimum atomic E-state index is -2.92. The third kappa shape index (κ3) is 7.68. The molecule has 0 aromatic heterocycles. The fraction of sp³-hybridized carbons (Fsp3) is 0. The molecule has 0 saturated carbocycles. The standard InChI is InChI=1S/2Mg.H2O4S.H2O.4H/c;;1-5(2)3-4-5;;;;;/h;;1-2H;1H2;;;;. The average molecular weight is 169 g/mol. The van der Waals surface area contributed by atoms with Crippen LogP contribution in [0.4, 0.5) is 0 Å². The Balaban J connectivity index is -0.0000000833. The van der Waals surface area contributed by atoms with Crippen molar-refractivity contribution in [3.8, 4) is 0 Å². The molecule has 5 nitrogen and oxygen atoms in total. The van der Waals surface area contributed by atoms with Gasteiger partial charge in [0.05, 0.1) is 0 Å². The first kappa shape index (κ1) is 16.3. The summed E-state index contributed by atoms with van der Waals surface area (Å²) in [6.07, 6.45) is 0. The summed E-state index contributed by atoms with van der Waals surface area (Å²) >= 11 is -2.92. The van der Waals surface area contributed by atoms with Gasteiger partial charge in [-0.1, -0.05) is 8.67 Å². The van der Waals surface area contributed by atoms with Crippen LogP contribution in [0.2, 0.25) is 0 Å². The zero-order valence-corrected chi connectivity index (χ0v) is 3.44. The maximum absolute atomic E-state index is 7.83. The van der Waals surface area contributed by atoms with Gasteiger partial charge in [0.2, 0.25) is 0 Å². The lowest BCUT2D eigenvalue weighted by molar-refractivity contribution is 0.0850. The Morgan fingerprint density at radius 1 is 1.00 bits per heavy atom. The van der Waals surface area contributed by atoms with Crippen molar-refractivity contribution in [1.29, 1.82) is 0 Å². The molecule has 0 aromatic carbocycles. The lowest BCUT2D eigenvalue weighted by Gasteiger charge is -1.79. The molecule has 0 atom stereocenters. The van der Waals surface area contributed by atoms with Gasteiger partial charge in [0.25, 0.3) is 11.2 Å². The molecule has 1 aliphatic rings. The maximum Gasteiger partial charge on any atom is 0.316 e. The highest BCUT2D eigenvalue weighted by molar-refractivity contribution is 8.19. The van der Waals surface area contributed by atoms with E-state index in [4.69, 9.17) is 9.11 Å². The van der Waals surface area contributed by atoms with E-state index in [9.17, 15) is 0 Å². The molecule has 8 heteroatoms. The zero-order chi connectivity index (χ0) is 3.91. The van der Waals surface area contributed by atoms with Crippen LogP contribution < -0.4 is 0 Å². The van der Waals surface area contributed by atoms with Crippen molar-refractivity contribution in [1.82, 2.24) is 0 Å². The van der Waals surface area contributed by atoms with Gasteiger partial charge in [-0.2, -0.15) is 0 Å². The molecule has 0 spiro atoms. The van der Waals surface area contributed by atoms with Gasteiger partial charge < -0.3 is 5.48 Å². The van der Waals surface area contributed by atoms with E-state index >= 15 is 0 Å². The Hall–Kier alpha value is 1.68. The lowest BCUT2D eigenvalue weighted by Crippen LogP contribution is -1.63. The number of hydrogen-bond donors (Lipinski definition) is 2. The SMILES string of the molecule is O.OS1(O)OO1.[MgH2].[MgH2]. The molecular formula is H8Mg2O5S. The summed E-state index contributed by atoms with van der Waals surface area (Å²) in [6, 6.07) is 0. The predicted molar refractivity (Wildman–Crippen MR) is 35.7 cm³/mol. The molecule has 1 heterocycles. The minimum Gasteiger partial charge on any atom is -0.412 e. The molecule has 1 aliphatic heterocycles. The second kappa shape index (κ2) is 5.47. The third-order valence-corrected chi connectivity index (χ3v) is 0.569. The summed E-state index contributed by atoms with van der Waals surface area (Å²) in [5.41, 5.74) is 0. The first-order valence-electron chi connectivity index (χ1n) is 0.865. The monoisotopic (exact) mass is 168 g/mol. The smallest absolute Gasteiger partial charge is 0.316 e. The molecule has 48 valence electrons. The van der Waals surface area contributed by atoms with Gasteiger partial charge in [-0.15, -0.1) is 0 Å². The maximum atomic E-state index is 7.83. The largest absolute Gasteiger partial charge is 0.412 e. The van der Waals surface area contributed by atoms with Gasteiger partial charge in [0.1, 0.15) is 0 Å². The summed E-state index contributed by atoms with van der Waals surface area (Å²) in [4.78, 5) is 0. The Kier molecular flexibility index (Phi) is 11.2. The Morgan fingerprint density at radius 2 is 1.12 bits per heavy atom. The van der Waals surface area contributed by atoms with Crippen LogP contribution in [0.3, 0.4) is 0 Å². The first-order chi connectivity index (χ1) is 2.21. The van der Waals surface area contributed by atoms with Crippen molar-refractivity contribution in [3.05, 3.63) is 0 Å². The summed E-state index contributed by atoms with van der Waals surface area (Å²) in [7, 11) is 0. The molecule has 8 heavy (non-hydrogen) atoms. The molecular weight excluding hydrogens is 161 g/mol. The van der Waals surface area contributed by atoms with E-state index in [2.05, 4.69) is 8.67 Å². The molecule has 0 aliphatic carbocycles. The van der Waals surface area contributed by atoms with Gasteiger partial charge in [0.15, 0.2) is 0 Å². The van der Waals surface area contributed by atoms with Crippen molar-refractivity contribution in [2.24, 2.45) is 0 Å². The van der Waals surface area contributed by atoms with Crippen LogP contribution in [0.1, 0.15) is 0 Å². The van der Waals surface area contributed by atoms with Gasteiger partial charge in [0, 0.05) is 0 Å². The molecule has 1 fully saturated rings. The Bertz CT molecular complexity index is 48.4. The van der Waals surface area contributed by atoms with E-state index < -0.39 is 11.2 Å². The molecule has 1 rings (SSSR count). The van der Waals surface area contributed by atoms with Crippen molar-refractivity contribution in [2.75, 3.05) is 0 Å². The van der Waals surface area contributed by atoms with E-state index in [1.165, 1.54) is 0 Å². The molecule has 0 bridgehead atoms. The third-order valence-electron chi connectivity index (χ3n) is 0.190. The van der Waals surface area contributed by atoms with Gasteiger partial charge >= 0.3 is 46.1 Å². The van der Waals surface area contributed by atoms with Crippen molar-refractivity contribution in [2.45, 2.75) is 0 Å². The Morgan fingerprint density at radius 3 is 1.12 bits per heavy atom. The highest BCUT2D eigenvalue weighted by atomic mass is 32.3. The summed E-state index contributed by atoms with van der Waals surface area (Å²) in [5.74, 6) is 0. The van der Waals surface area contributed by atoms with Crippen LogP contribution >= 0.6 is 11.2 Å². The second-order valence-electron chi connectivity index (χ2n) is 0.584. The quantitative estimate of drug-likeness (QED) is 0.245. The molecule has 0 amide bonds. The predicted octanol–water partition coefficient (Wildman–Crippen LogP) is -2.13. The Labute approximate surface area is 80.0 Å². The fourth-order valence-electron chi connectivity index (χ4n) is 0.0248. The van der Waals surface area contributed by atoms with E-state index in [0.717, 1.165) is 0 Å². The topological polar surface area (TPSA) is 97.0 Å². The fourth-order valence-corrected chi connectivity index (χ4v) is 0.224. The highest BCUT2D eigenvalue weighted by Gasteiger charge is 2.39. The van der Waals surface area contributed by atoms with Crippen LogP contribution in [-0.2, 0) is 8.67 Å². The molecule has 0 unspecified atom stereocenters. The van der Waals surface area contributed by atoms with Gasteiger partial charge in [-0.05, 0) is 0 Å². The van der Waals surface area contributed by atoms with E-state index in [-0.39, 0.29) is 51.6 Å². The summed E-state index contributed by atoms with van der Waals surface area (Å²) < 4.78 is 22.8. The molecule has 4 N–H and O–H groups in total. The van der Waals surface area contributed by atoms with Crippen molar-refractivity contribution < 1.29 is 23.2 Å². The molecule has 1 saturated heterocycles. The average Bonchev–Trinajstić information content (AvgIpc) is 1.76. The van der Waals surface area contributed by atoms with Crippen LogP contribution in [-0.4, -0.2) is 60.7 Å². The zero-order valence-electron chi connectivity index (χ0n) is 2.62. The van der Waals surface area contributed by atoms with E-state index in [1.807, 2.05) is 0 Å². The normalized spacial score (nSPS) is 22.8. The van der Waals surface area contributed by atoms with Crippen molar-refractivity contribution >= 4 is 57.3 Å². The van der Waals surface area contributed by atoms with Crippen LogP contribution in [0, 0.1) is 0 Å². The number of hydrogen-bond acceptors (Lipinski definition) is 4. The van der Waals surface area contributed by atoms with Crippen molar-refractivity contribution in [3.63, 3.8) is 0 Å². The lowest BCUT2D eigenvalue weighted by atomic mass is 15.0. The number of rotatable bonds is 0. The molecule has 0 aromatic rings. The van der Waals surface area contributed by atoms with E-state index in [1.54, 1.807) is 0 Å². The second-order valence-corrected chi connectivity index (χ2v) is 1.75. The first-order valence-corrected chi connectivity index (χ1v) is 2.26. The highest BCUT2D eigenvalue weighted by Crippen LogP contribution is 2.57. The minimum absolute atomic E-state index is 0. The van der Waals surface area contributed by atoms with Crippen LogP contribution in [0.15, 0.2) is 0 Å². The molecule has 0 radical (unpaired) electrons. The van der Waals surface area contributed by atoms with Crippen LogP contribution in [0.5, 0.6) is 0 Å².